The Morgan fingerprint density at radius 2 is 1.77 bits per heavy atom. The molecule has 0 aromatic heterocycles. The minimum Gasteiger partial charge on any atom is -0.356 e. The number of nitrogens with one attached hydrogen (secondary N) is 3. The van der Waals surface area contributed by atoms with Crippen LogP contribution in [0.4, 0.5) is 13.2 Å². The van der Waals surface area contributed by atoms with Crippen LogP contribution in [0.3, 0.4) is 0 Å². The molecule has 1 aliphatic carbocycles. The Labute approximate surface area is 203 Å². The van der Waals surface area contributed by atoms with Crippen molar-refractivity contribution in [2.45, 2.75) is 83.6 Å². The van der Waals surface area contributed by atoms with Gasteiger partial charge in [0, 0.05) is 19.5 Å². The van der Waals surface area contributed by atoms with Gasteiger partial charge in [-0.2, -0.15) is 18.4 Å². The Morgan fingerprint density at radius 1 is 1.14 bits per heavy atom. The van der Waals surface area contributed by atoms with Crippen molar-refractivity contribution in [3.8, 4) is 6.07 Å². The number of carbonyl (C=O) groups is 4. The van der Waals surface area contributed by atoms with E-state index in [0.717, 1.165) is 24.2 Å². The second-order valence-corrected chi connectivity index (χ2v) is 10.5. The van der Waals surface area contributed by atoms with Crippen LogP contribution in [0, 0.1) is 28.6 Å². The number of nitrogens with zero attached hydrogens (tertiary/aromatic N) is 2. The summed E-state index contributed by atoms with van der Waals surface area (Å²) in [6.45, 7) is 5.10. The number of nitriles is 1. The van der Waals surface area contributed by atoms with Crippen molar-refractivity contribution >= 4 is 23.6 Å². The molecule has 1 aliphatic heterocycles. The fourth-order valence-corrected chi connectivity index (χ4v) is 4.09. The third-order valence-corrected chi connectivity index (χ3v) is 6.41. The summed E-state index contributed by atoms with van der Waals surface area (Å²) in [6, 6.07) is -1.56. The Balaban J connectivity index is 2.18. The molecule has 4 amide bonds. The highest BCUT2D eigenvalue weighted by Gasteiger charge is 2.45. The molecule has 4 unspecified atom stereocenters. The van der Waals surface area contributed by atoms with Gasteiger partial charge in [0.25, 0.3) is 0 Å². The van der Waals surface area contributed by atoms with E-state index in [0.29, 0.717) is 13.0 Å². The van der Waals surface area contributed by atoms with E-state index < -0.39 is 53.4 Å². The highest BCUT2D eigenvalue weighted by molar-refractivity contribution is 5.93. The van der Waals surface area contributed by atoms with Gasteiger partial charge in [0.15, 0.2) is 0 Å². The molecule has 0 aromatic carbocycles. The number of piperidine rings is 1. The third kappa shape index (κ3) is 8.11. The zero-order chi connectivity index (χ0) is 26.6. The van der Waals surface area contributed by atoms with Crippen LogP contribution in [-0.4, -0.2) is 66.4 Å². The first-order valence-electron chi connectivity index (χ1n) is 11.8. The smallest absolute Gasteiger partial charge is 0.356 e. The van der Waals surface area contributed by atoms with Gasteiger partial charge in [-0.25, -0.2) is 0 Å². The van der Waals surface area contributed by atoms with Gasteiger partial charge in [0.1, 0.15) is 18.1 Å². The lowest BCUT2D eigenvalue weighted by molar-refractivity contribution is -0.176. The second kappa shape index (κ2) is 11.3. The zero-order valence-corrected chi connectivity index (χ0v) is 20.5. The quantitative estimate of drug-likeness (QED) is 0.442. The van der Waals surface area contributed by atoms with E-state index >= 15 is 0 Å². The lowest BCUT2D eigenvalue weighted by Crippen LogP contribution is -2.60. The molecule has 9 nitrogen and oxygen atoms in total. The summed E-state index contributed by atoms with van der Waals surface area (Å²) in [6.07, 6.45) is -1.71. The monoisotopic (exact) mass is 501 g/mol. The van der Waals surface area contributed by atoms with Crippen LogP contribution in [0.15, 0.2) is 0 Å². The van der Waals surface area contributed by atoms with E-state index in [2.05, 4.69) is 10.6 Å². The molecule has 0 bridgehead atoms. The Hall–Kier alpha value is -2.84. The van der Waals surface area contributed by atoms with Gasteiger partial charge in [0.2, 0.25) is 17.7 Å². The van der Waals surface area contributed by atoms with Crippen molar-refractivity contribution in [1.29, 1.82) is 5.26 Å². The first kappa shape index (κ1) is 28.4. The maximum absolute atomic E-state index is 13.3. The summed E-state index contributed by atoms with van der Waals surface area (Å²) in [4.78, 5) is 51.1. The molecule has 1 saturated heterocycles. The molecule has 12 heteroatoms. The van der Waals surface area contributed by atoms with Gasteiger partial charge in [0.05, 0.1) is 6.07 Å². The van der Waals surface area contributed by atoms with E-state index in [-0.39, 0.29) is 24.7 Å². The lowest BCUT2D eigenvalue weighted by atomic mass is 9.85. The number of likely N-dealkylation sites (N-methyl/N-ethyl adjacent to an activating group) is 1. The SMILES string of the molecule is CN(C(=O)C(NC(=O)C(F)(F)F)C(C)(C)C)C(CC1CC1)C(=O)NC(C#N)CC1CCCNC1=O. The summed E-state index contributed by atoms with van der Waals surface area (Å²) < 4.78 is 38.6. The molecule has 2 rings (SSSR count). The topological polar surface area (TPSA) is 131 Å². The maximum Gasteiger partial charge on any atom is 0.471 e. The van der Waals surface area contributed by atoms with Crippen LogP contribution in [0.25, 0.3) is 0 Å². The average molecular weight is 502 g/mol. The van der Waals surface area contributed by atoms with Gasteiger partial charge in [-0.05, 0) is 37.0 Å². The van der Waals surface area contributed by atoms with Crippen molar-refractivity contribution in [3.63, 3.8) is 0 Å². The number of rotatable bonds is 9. The molecule has 2 fully saturated rings. The van der Waals surface area contributed by atoms with E-state index in [1.807, 2.05) is 6.07 Å². The number of hydrogen-bond donors (Lipinski definition) is 3. The highest BCUT2D eigenvalue weighted by atomic mass is 19.4. The van der Waals surface area contributed by atoms with Crippen LogP contribution in [0.2, 0.25) is 0 Å². The predicted octanol–water partition coefficient (Wildman–Crippen LogP) is 1.63. The van der Waals surface area contributed by atoms with Gasteiger partial charge in [-0.15, -0.1) is 0 Å². The van der Waals surface area contributed by atoms with Crippen molar-refractivity contribution < 1.29 is 32.3 Å². The number of hydrogen-bond acceptors (Lipinski definition) is 5. The molecular weight excluding hydrogens is 467 g/mol. The summed E-state index contributed by atoms with van der Waals surface area (Å²) in [5, 5.41) is 16.7. The van der Waals surface area contributed by atoms with Gasteiger partial charge in [-0.1, -0.05) is 33.6 Å². The normalized spacial score (nSPS) is 21.1. The number of amides is 4. The number of carbonyl (C=O) groups excluding carboxylic acids is 4. The number of alkyl halides is 3. The molecule has 1 heterocycles. The Kier molecular flexibility index (Phi) is 9.14. The fourth-order valence-electron chi connectivity index (χ4n) is 4.09. The molecule has 0 aromatic rings. The Morgan fingerprint density at radius 3 is 2.26 bits per heavy atom. The zero-order valence-electron chi connectivity index (χ0n) is 20.5. The Bertz CT molecular complexity index is 861. The van der Waals surface area contributed by atoms with E-state index in [4.69, 9.17) is 0 Å². The van der Waals surface area contributed by atoms with Crippen molar-refractivity contribution in [2.75, 3.05) is 13.6 Å². The molecule has 4 atom stereocenters. The van der Waals surface area contributed by atoms with Crippen LogP contribution < -0.4 is 16.0 Å². The molecule has 35 heavy (non-hydrogen) atoms. The van der Waals surface area contributed by atoms with Crippen molar-refractivity contribution in [2.24, 2.45) is 17.3 Å². The molecular formula is C23H34F3N5O4. The fraction of sp³-hybridized carbons (Fsp3) is 0.783. The second-order valence-electron chi connectivity index (χ2n) is 10.5. The van der Waals surface area contributed by atoms with E-state index in [1.54, 1.807) is 5.32 Å². The first-order valence-corrected chi connectivity index (χ1v) is 11.8. The minimum absolute atomic E-state index is 0.119. The largest absolute Gasteiger partial charge is 0.471 e. The molecule has 0 radical (unpaired) electrons. The summed E-state index contributed by atoms with van der Waals surface area (Å²) in [5.41, 5.74) is -1.07. The van der Waals surface area contributed by atoms with E-state index in [9.17, 15) is 37.6 Å². The standard InChI is InChI=1S/C23H34F3N5O4/c1-22(2,3)17(30-21(35)23(24,25)26)20(34)31(4)16(10-13-7-8-13)19(33)29-15(12-27)11-14-6-5-9-28-18(14)32/h13-17H,5-11H2,1-4H3,(H,28,32)(H,29,33)(H,30,35). The van der Waals surface area contributed by atoms with Crippen LogP contribution in [0.5, 0.6) is 0 Å². The lowest BCUT2D eigenvalue weighted by Gasteiger charge is -2.36. The van der Waals surface area contributed by atoms with Crippen molar-refractivity contribution in [3.05, 3.63) is 0 Å². The van der Waals surface area contributed by atoms with Crippen molar-refractivity contribution in [1.82, 2.24) is 20.9 Å². The molecule has 2 aliphatic rings. The molecule has 0 spiro atoms. The highest BCUT2D eigenvalue weighted by Crippen LogP contribution is 2.35. The average Bonchev–Trinajstić information content (AvgIpc) is 3.58. The van der Waals surface area contributed by atoms with Gasteiger partial charge in [-0.3, -0.25) is 19.2 Å². The van der Waals surface area contributed by atoms with Gasteiger partial charge < -0.3 is 20.9 Å². The molecule has 196 valence electrons. The predicted molar refractivity (Wildman–Crippen MR) is 119 cm³/mol. The summed E-state index contributed by atoms with van der Waals surface area (Å²) in [7, 11) is 1.31. The molecule has 3 N–H and O–H groups in total. The maximum atomic E-state index is 13.3. The molecule has 1 saturated carbocycles. The van der Waals surface area contributed by atoms with Crippen LogP contribution >= 0.6 is 0 Å². The van der Waals surface area contributed by atoms with E-state index in [1.165, 1.54) is 27.8 Å². The summed E-state index contributed by atoms with van der Waals surface area (Å²) in [5.74, 6) is -4.12. The third-order valence-electron chi connectivity index (χ3n) is 6.41. The minimum atomic E-state index is -5.17. The van der Waals surface area contributed by atoms with Gasteiger partial charge >= 0.3 is 12.1 Å². The van der Waals surface area contributed by atoms with Crippen LogP contribution in [0.1, 0.15) is 59.3 Å². The number of halogens is 3. The summed E-state index contributed by atoms with van der Waals surface area (Å²) >= 11 is 0. The van der Waals surface area contributed by atoms with Crippen LogP contribution in [-0.2, 0) is 19.2 Å². The first-order chi connectivity index (χ1) is 16.1.